The second-order valence-electron chi connectivity index (χ2n) is 6.06. The Morgan fingerprint density at radius 2 is 1.46 bits per heavy atom. The van der Waals surface area contributed by atoms with E-state index in [9.17, 15) is 25.9 Å². The van der Waals surface area contributed by atoms with E-state index in [1.807, 2.05) is 0 Å². The first-order valence-electron chi connectivity index (χ1n) is 6.74. The lowest BCUT2D eigenvalue weighted by Gasteiger charge is -2.13. The molecule has 0 saturated heterocycles. The summed E-state index contributed by atoms with van der Waals surface area (Å²) in [7, 11) is -9.66. The molecule has 0 fully saturated rings. The molecule has 10 heteroatoms. The van der Waals surface area contributed by atoms with Crippen molar-refractivity contribution in [3.05, 3.63) is 29.8 Å². The van der Waals surface area contributed by atoms with Crippen LogP contribution in [0.4, 0.5) is 0 Å². The molecule has 0 radical (unpaired) electrons. The largest absolute Gasteiger partial charge is 0.312 e. The predicted octanol–water partition coefficient (Wildman–Crippen LogP) is 1.95. The molecule has 0 unspecified atom stereocenters. The van der Waals surface area contributed by atoms with Gasteiger partial charge in [0, 0.05) is 17.2 Å². The van der Waals surface area contributed by atoms with Gasteiger partial charge >= 0.3 is 20.2 Å². The van der Waals surface area contributed by atoms with Crippen LogP contribution in [0.2, 0.25) is 0 Å². The smallest absolute Gasteiger partial charge is 0.287 e. The molecule has 1 heterocycles. The first kappa shape index (κ1) is 18.5. The van der Waals surface area contributed by atoms with Crippen molar-refractivity contribution in [3.63, 3.8) is 0 Å². The highest BCUT2D eigenvalue weighted by Crippen LogP contribution is 2.28. The summed E-state index contributed by atoms with van der Waals surface area (Å²) in [6.45, 7) is 5.33. The van der Waals surface area contributed by atoms with Gasteiger partial charge in [0.15, 0.2) is 10.1 Å². The summed E-state index contributed by atoms with van der Waals surface area (Å²) in [6, 6.07) is 5.88. The highest BCUT2D eigenvalue weighted by Gasteiger charge is 2.26. The van der Waals surface area contributed by atoms with Gasteiger partial charge in [-0.05, 0) is 26.2 Å². The molecule has 1 aromatic heterocycles. The summed E-state index contributed by atoms with van der Waals surface area (Å²) in [5.74, 6) is 0. The number of benzene rings is 1. The van der Waals surface area contributed by atoms with Gasteiger partial charge < -0.3 is 0 Å². The molecular weight excluding hydrogens is 356 g/mol. The molecule has 1 aromatic carbocycles. The van der Waals surface area contributed by atoms with E-state index in [1.54, 1.807) is 26.8 Å². The Balaban J connectivity index is 3.03. The van der Waals surface area contributed by atoms with Crippen LogP contribution in [0.15, 0.2) is 39.3 Å². The zero-order valence-electron chi connectivity index (χ0n) is 13.1. The Bertz CT molecular complexity index is 1030. The third kappa shape index (κ3) is 3.96. The van der Waals surface area contributed by atoms with E-state index in [1.165, 1.54) is 24.4 Å². The minimum Gasteiger partial charge on any atom is -0.287 e. The Morgan fingerprint density at radius 3 is 1.92 bits per heavy atom. The van der Waals surface area contributed by atoms with Gasteiger partial charge in [0.1, 0.15) is 0 Å². The Kier molecular flexibility index (Phi) is 4.53. The van der Waals surface area contributed by atoms with Crippen molar-refractivity contribution >= 4 is 37.2 Å². The van der Waals surface area contributed by atoms with Gasteiger partial charge in [-0.3, -0.25) is 14.1 Å². The van der Waals surface area contributed by atoms with Crippen molar-refractivity contribution in [1.82, 2.24) is 4.98 Å². The van der Waals surface area contributed by atoms with Crippen LogP contribution in [0, 0.1) is 0 Å². The van der Waals surface area contributed by atoms with Gasteiger partial charge in [-0.15, -0.1) is 0 Å². The first-order chi connectivity index (χ1) is 10.8. The third-order valence-corrected chi connectivity index (χ3v) is 4.55. The Labute approximate surface area is 139 Å². The van der Waals surface area contributed by atoms with Crippen molar-refractivity contribution in [2.75, 3.05) is 0 Å². The minimum absolute atomic E-state index is 0.0164. The summed E-state index contributed by atoms with van der Waals surface area (Å²) in [5, 5.41) is -1.55. The quantitative estimate of drug-likeness (QED) is 0.621. The molecule has 2 rings (SSSR count). The summed E-state index contributed by atoms with van der Waals surface area (Å²) < 4.78 is 65.1. The van der Waals surface area contributed by atoms with Crippen molar-refractivity contribution in [2.24, 2.45) is 4.99 Å². The SMILES string of the molecule is CC(C)(C)/N=C/c1c(S(=O)(=O)O)nc(S(=O)(=O)O)c2ccccc12. The van der Waals surface area contributed by atoms with E-state index < -0.39 is 35.8 Å². The summed E-state index contributed by atoms with van der Waals surface area (Å²) >= 11 is 0. The van der Waals surface area contributed by atoms with Crippen molar-refractivity contribution in [2.45, 2.75) is 36.4 Å². The molecule has 2 aromatic rings. The van der Waals surface area contributed by atoms with Gasteiger partial charge in [-0.2, -0.15) is 16.8 Å². The lowest BCUT2D eigenvalue weighted by Crippen LogP contribution is -2.14. The van der Waals surface area contributed by atoms with E-state index in [2.05, 4.69) is 9.98 Å². The molecule has 24 heavy (non-hydrogen) atoms. The maximum Gasteiger partial charge on any atom is 0.312 e. The van der Waals surface area contributed by atoms with Crippen LogP contribution in [0.25, 0.3) is 10.8 Å². The van der Waals surface area contributed by atoms with Crippen LogP contribution in [-0.2, 0) is 20.2 Å². The maximum atomic E-state index is 11.7. The molecule has 0 spiro atoms. The van der Waals surface area contributed by atoms with E-state index in [4.69, 9.17) is 0 Å². The van der Waals surface area contributed by atoms with E-state index in [-0.39, 0.29) is 16.3 Å². The number of aromatic nitrogens is 1. The number of rotatable bonds is 3. The van der Waals surface area contributed by atoms with Crippen molar-refractivity contribution in [3.8, 4) is 0 Å². The number of hydrogen-bond acceptors (Lipinski definition) is 6. The molecule has 8 nitrogen and oxygen atoms in total. The molecule has 2 N–H and O–H groups in total. The van der Waals surface area contributed by atoms with Crippen LogP contribution < -0.4 is 0 Å². The molecule has 0 aliphatic heterocycles. The predicted molar refractivity (Wildman–Crippen MR) is 88.7 cm³/mol. The van der Waals surface area contributed by atoms with E-state index >= 15 is 0 Å². The lowest BCUT2D eigenvalue weighted by atomic mass is 10.1. The molecule has 0 bridgehead atoms. The maximum absolute atomic E-state index is 11.7. The van der Waals surface area contributed by atoms with Gasteiger partial charge in [-0.25, -0.2) is 4.98 Å². The van der Waals surface area contributed by atoms with Gasteiger partial charge in [0.25, 0.3) is 0 Å². The molecule has 0 aliphatic carbocycles. The number of nitrogens with zero attached hydrogens (tertiary/aromatic N) is 2. The molecule has 0 aliphatic rings. The van der Waals surface area contributed by atoms with Gasteiger partial charge in [0.05, 0.1) is 5.54 Å². The fourth-order valence-corrected chi connectivity index (χ4v) is 3.38. The van der Waals surface area contributed by atoms with Crippen molar-refractivity contribution in [1.29, 1.82) is 0 Å². The molecule has 0 saturated carbocycles. The molecule has 0 atom stereocenters. The van der Waals surface area contributed by atoms with Gasteiger partial charge in [0.2, 0.25) is 0 Å². The van der Waals surface area contributed by atoms with Crippen LogP contribution >= 0.6 is 0 Å². The number of fused-ring (bicyclic) bond motifs is 1. The van der Waals surface area contributed by atoms with Crippen LogP contribution in [0.5, 0.6) is 0 Å². The zero-order valence-corrected chi connectivity index (χ0v) is 14.8. The van der Waals surface area contributed by atoms with E-state index in [0.29, 0.717) is 0 Å². The van der Waals surface area contributed by atoms with Crippen LogP contribution in [0.1, 0.15) is 26.3 Å². The number of pyridine rings is 1. The van der Waals surface area contributed by atoms with Gasteiger partial charge in [-0.1, -0.05) is 24.3 Å². The topological polar surface area (TPSA) is 134 Å². The lowest BCUT2D eigenvalue weighted by molar-refractivity contribution is 0.473. The van der Waals surface area contributed by atoms with Crippen molar-refractivity contribution < 1.29 is 25.9 Å². The first-order valence-corrected chi connectivity index (χ1v) is 9.62. The normalized spacial score (nSPS) is 13.7. The molecule has 130 valence electrons. The number of hydrogen-bond donors (Lipinski definition) is 2. The summed E-state index contributed by atoms with van der Waals surface area (Å²) in [6.07, 6.45) is 1.21. The highest BCUT2D eigenvalue weighted by molar-refractivity contribution is 7.86. The summed E-state index contributed by atoms with van der Waals surface area (Å²) in [5.41, 5.74) is -0.602. The average molecular weight is 372 g/mol. The van der Waals surface area contributed by atoms with Crippen LogP contribution in [0.3, 0.4) is 0 Å². The molecule has 0 amide bonds. The molecular formula is C14H16N2O6S2. The number of aliphatic imine (C=N–C) groups is 1. The minimum atomic E-state index is -4.85. The zero-order chi connectivity index (χ0) is 18.3. The summed E-state index contributed by atoms with van der Waals surface area (Å²) in [4.78, 5) is 7.67. The average Bonchev–Trinajstić information content (AvgIpc) is 2.40. The third-order valence-electron chi connectivity index (χ3n) is 2.95. The Morgan fingerprint density at radius 1 is 0.958 bits per heavy atom. The Hall–Kier alpha value is -1.88. The highest BCUT2D eigenvalue weighted by atomic mass is 32.2. The standard InChI is InChI=1S/C14H16N2O6S2/c1-14(2,3)15-8-11-9-6-4-5-7-10(9)12(23(17,18)19)16-13(11)24(20,21)22/h4-8H,1-3H3,(H,17,18,19)(H,20,21,22)/b15-8+. The second kappa shape index (κ2) is 5.88. The monoisotopic (exact) mass is 372 g/mol. The fourth-order valence-electron chi connectivity index (χ4n) is 2.01. The fraction of sp³-hybridized carbons (Fsp3) is 0.286. The van der Waals surface area contributed by atoms with E-state index in [0.717, 1.165) is 0 Å². The van der Waals surface area contributed by atoms with Crippen LogP contribution in [-0.4, -0.2) is 42.7 Å². The second-order valence-corrected chi connectivity index (χ2v) is 8.73.